The predicted octanol–water partition coefficient (Wildman–Crippen LogP) is 4.96. The number of carbonyl (C=O) groups is 4. The van der Waals surface area contributed by atoms with Crippen molar-refractivity contribution in [3.8, 4) is 0 Å². The molecule has 0 saturated heterocycles. The van der Waals surface area contributed by atoms with E-state index < -0.39 is 5.41 Å². The monoisotopic (exact) mass is 482 g/mol. The Kier molecular flexibility index (Phi) is 11.5. The van der Waals surface area contributed by atoms with Gasteiger partial charge in [-0.1, -0.05) is 69.7 Å². The molecule has 3 fully saturated rings. The summed E-state index contributed by atoms with van der Waals surface area (Å²) < 4.78 is 0. The quantitative estimate of drug-likeness (QED) is 0.505. The molecule has 0 spiro atoms. The molecule has 0 aromatic rings. The number of carbonyl (C=O) groups excluding carboxylic acids is 4. The van der Waals surface area contributed by atoms with E-state index in [0.29, 0.717) is 50.1 Å². The van der Waals surface area contributed by atoms with E-state index in [1.54, 1.807) is 0 Å². The summed E-state index contributed by atoms with van der Waals surface area (Å²) in [6, 6.07) is 0. The van der Waals surface area contributed by atoms with Gasteiger partial charge < -0.3 is 10.2 Å². The molecule has 0 heterocycles. The third-order valence-electron chi connectivity index (χ3n) is 7.26. The van der Waals surface area contributed by atoms with Gasteiger partial charge in [0.05, 0.1) is 12.2 Å². The van der Waals surface area contributed by atoms with E-state index >= 15 is 0 Å². The van der Waals surface area contributed by atoms with E-state index in [-0.39, 0.29) is 59.8 Å². The fourth-order valence-electron chi connectivity index (χ4n) is 5.66. The van der Waals surface area contributed by atoms with E-state index in [9.17, 15) is 29.4 Å². The van der Waals surface area contributed by atoms with Crippen molar-refractivity contribution in [2.75, 3.05) is 0 Å². The summed E-state index contributed by atoms with van der Waals surface area (Å²) in [6.07, 6.45) is 2.84. The molecule has 6 nitrogen and oxygen atoms in total. The molecule has 3 aliphatic rings. The first-order chi connectivity index (χ1) is 14.8. The Morgan fingerprint density at radius 2 is 0.941 bits per heavy atom. The summed E-state index contributed by atoms with van der Waals surface area (Å²) in [4.78, 5) is 45.5. The normalized spacial score (nSPS) is 34.0. The third-order valence-corrected chi connectivity index (χ3v) is 7.26. The number of hydrogen-bond donors (Lipinski definition) is 2. The minimum absolute atomic E-state index is 0. The Morgan fingerprint density at radius 3 is 1.24 bits per heavy atom. The van der Waals surface area contributed by atoms with Gasteiger partial charge in [0.2, 0.25) is 0 Å². The molecular formula is C28H50O6. The zero-order valence-corrected chi connectivity index (χ0v) is 22.2. The van der Waals surface area contributed by atoms with Crippen molar-refractivity contribution < 1.29 is 29.4 Å². The van der Waals surface area contributed by atoms with Crippen LogP contribution >= 0.6 is 0 Å². The first-order valence-corrected chi connectivity index (χ1v) is 12.3. The average Bonchev–Trinajstić information content (AvgIpc) is 2.62. The number of Topliss-reactive ketones (excluding diaryl/α,β-unsaturated/α-hetero) is 4. The molecule has 5 atom stereocenters. The van der Waals surface area contributed by atoms with Crippen LogP contribution in [0.25, 0.3) is 0 Å². The topological polar surface area (TPSA) is 109 Å². The Morgan fingerprint density at radius 1 is 0.618 bits per heavy atom. The number of ketones is 4. The molecule has 0 aliphatic heterocycles. The molecule has 2 N–H and O–H groups in total. The molecule has 6 heteroatoms. The summed E-state index contributed by atoms with van der Waals surface area (Å²) in [5.41, 5.74) is -1.02. The number of hydrogen-bond acceptors (Lipinski definition) is 6. The lowest BCUT2D eigenvalue weighted by Gasteiger charge is -2.34. The molecule has 3 saturated carbocycles. The van der Waals surface area contributed by atoms with Gasteiger partial charge in [0.25, 0.3) is 0 Å². The summed E-state index contributed by atoms with van der Waals surface area (Å²) in [7, 11) is 0. The maximum absolute atomic E-state index is 11.5. The minimum atomic E-state index is -0.408. The highest BCUT2D eigenvalue weighted by Gasteiger charge is 2.40. The fourth-order valence-corrected chi connectivity index (χ4v) is 5.66. The van der Waals surface area contributed by atoms with Crippen LogP contribution in [0.4, 0.5) is 0 Å². The molecule has 0 amide bonds. The molecule has 0 bridgehead atoms. The number of aliphatic hydroxyl groups is 2. The molecule has 1 unspecified atom stereocenters. The lowest BCUT2D eigenvalue weighted by atomic mass is 9.70. The molecule has 3 aliphatic carbocycles. The summed E-state index contributed by atoms with van der Waals surface area (Å²) in [5.74, 6) is 1.05. The van der Waals surface area contributed by atoms with Gasteiger partial charge >= 0.3 is 0 Å². The highest BCUT2D eigenvalue weighted by Crippen LogP contribution is 2.36. The van der Waals surface area contributed by atoms with Gasteiger partial charge in [0, 0.05) is 46.8 Å². The van der Waals surface area contributed by atoms with Gasteiger partial charge in [-0.3, -0.25) is 19.2 Å². The van der Waals surface area contributed by atoms with Crippen molar-refractivity contribution in [2.24, 2.45) is 34.0 Å². The van der Waals surface area contributed by atoms with E-state index in [1.807, 2.05) is 62.3 Å². The standard InChI is InChI=1S/2C9H16O2.C9H14O2.CH4/c3*1-6-4-7(10)5-9(2,3)8(6)11;/h2*6-7,10H,4-5H2,1-3H3;6H,4-5H2,1-3H3;1H4/t6-,7?;6-,7+;6-;/m111./s1. The fraction of sp³-hybridized carbons (Fsp3) is 0.857. The zero-order valence-electron chi connectivity index (χ0n) is 22.2. The van der Waals surface area contributed by atoms with Gasteiger partial charge in [-0.15, -0.1) is 0 Å². The van der Waals surface area contributed by atoms with Crippen molar-refractivity contribution in [1.82, 2.24) is 0 Å². The molecule has 0 aromatic carbocycles. The van der Waals surface area contributed by atoms with Crippen LogP contribution in [0.15, 0.2) is 0 Å². The van der Waals surface area contributed by atoms with E-state index in [4.69, 9.17) is 0 Å². The second kappa shape index (κ2) is 12.0. The van der Waals surface area contributed by atoms with Gasteiger partial charge in [-0.05, 0) is 25.7 Å². The van der Waals surface area contributed by atoms with Crippen molar-refractivity contribution >= 4 is 23.1 Å². The van der Waals surface area contributed by atoms with E-state index in [2.05, 4.69) is 0 Å². The van der Waals surface area contributed by atoms with Gasteiger partial charge in [-0.2, -0.15) is 0 Å². The number of rotatable bonds is 0. The Labute approximate surface area is 207 Å². The summed E-state index contributed by atoms with van der Waals surface area (Å²) in [6.45, 7) is 17.0. The maximum atomic E-state index is 11.5. The second-order valence-electron chi connectivity index (χ2n) is 12.6. The minimum Gasteiger partial charge on any atom is -0.393 e. The van der Waals surface area contributed by atoms with Crippen molar-refractivity contribution in [3.63, 3.8) is 0 Å². The number of aliphatic hydroxyl groups excluding tert-OH is 2. The van der Waals surface area contributed by atoms with Crippen LogP contribution in [0.1, 0.15) is 108 Å². The predicted molar refractivity (Wildman–Crippen MR) is 135 cm³/mol. The Hall–Kier alpha value is -1.40. The van der Waals surface area contributed by atoms with Crippen LogP contribution in [-0.2, 0) is 19.2 Å². The van der Waals surface area contributed by atoms with Gasteiger partial charge in [0.15, 0.2) is 0 Å². The van der Waals surface area contributed by atoms with Crippen molar-refractivity contribution in [3.05, 3.63) is 0 Å². The van der Waals surface area contributed by atoms with Crippen LogP contribution in [0.5, 0.6) is 0 Å². The van der Waals surface area contributed by atoms with Crippen LogP contribution in [0.2, 0.25) is 0 Å². The molecular weight excluding hydrogens is 432 g/mol. The van der Waals surface area contributed by atoms with Crippen LogP contribution < -0.4 is 0 Å². The van der Waals surface area contributed by atoms with Crippen LogP contribution in [-0.4, -0.2) is 45.6 Å². The third kappa shape index (κ3) is 8.67. The highest BCUT2D eigenvalue weighted by molar-refractivity contribution is 5.98. The van der Waals surface area contributed by atoms with Crippen LogP contribution in [0, 0.1) is 34.0 Å². The smallest absolute Gasteiger partial charge is 0.142 e. The van der Waals surface area contributed by atoms with Crippen molar-refractivity contribution in [2.45, 2.75) is 120 Å². The average molecular weight is 483 g/mol. The maximum Gasteiger partial charge on any atom is 0.142 e. The van der Waals surface area contributed by atoms with E-state index in [0.717, 1.165) is 0 Å². The first kappa shape index (κ1) is 32.6. The lowest BCUT2D eigenvalue weighted by Crippen LogP contribution is -2.40. The Bertz CT molecular complexity index is 708. The molecule has 198 valence electrons. The van der Waals surface area contributed by atoms with Crippen LogP contribution in [0.3, 0.4) is 0 Å². The first-order valence-electron chi connectivity index (χ1n) is 12.3. The zero-order chi connectivity index (χ0) is 25.9. The molecule has 3 rings (SSSR count). The van der Waals surface area contributed by atoms with Gasteiger partial charge in [0.1, 0.15) is 23.1 Å². The SMILES string of the molecule is C.C[C@@H]1CC(=O)CC(C)(C)C1=O.C[C@@H]1CC(O)CC(C)(C)C1=O.C[C@@H]1C[C@H](O)CC(C)(C)C1=O. The van der Waals surface area contributed by atoms with Crippen molar-refractivity contribution in [1.29, 1.82) is 0 Å². The summed E-state index contributed by atoms with van der Waals surface area (Å²) >= 11 is 0. The lowest BCUT2D eigenvalue weighted by molar-refractivity contribution is -0.141. The summed E-state index contributed by atoms with van der Waals surface area (Å²) in [5, 5.41) is 18.8. The molecule has 0 radical (unpaired) electrons. The van der Waals surface area contributed by atoms with E-state index in [1.165, 1.54) is 0 Å². The molecule has 34 heavy (non-hydrogen) atoms. The van der Waals surface area contributed by atoms with Gasteiger partial charge in [-0.25, -0.2) is 0 Å². The second-order valence-corrected chi connectivity index (χ2v) is 12.6. The Balaban J connectivity index is 0.000000473. The largest absolute Gasteiger partial charge is 0.393 e. The highest BCUT2D eigenvalue weighted by atomic mass is 16.3. The molecule has 0 aromatic heterocycles.